The van der Waals surface area contributed by atoms with Gasteiger partial charge in [0.1, 0.15) is 0 Å². The van der Waals surface area contributed by atoms with Crippen LogP contribution in [0.1, 0.15) is 35.2 Å². The van der Waals surface area contributed by atoms with Crippen molar-refractivity contribution in [2.24, 2.45) is 0 Å². The molecule has 6 heteroatoms. The second-order valence-corrected chi connectivity index (χ2v) is 17.1. The van der Waals surface area contributed by atoms with Gasteiger partial charge in [0, 0.05) is 62.4 Å². The van der Waals surface area contributed by atoms with Gasteiger partial charge in [-0.2, -0.15) is 0 Å². The zero-order valence-corrected chi connectivity index (χ0v) is 32.4. The molecule has 0 radical (unpaired) electrons. The Hall–Kier alpha value is -6.12. The van der Waals surface area contributed by atoms with Crippen LogP contribution in [0.25, 0.3) is 79.0 Å². The second-order valence-electron chi connectivity index (χ2n) is 15.0. The van der Waals surface area contributed by atoms with Crippen LogP contribution >= 0.6 is 22.7 Å². The normalized spacial score (nSPS) is 17.4. The van der Waals surface area contributed by atoms with E-state index < -0.39 is 0 Å². The quantitative estimate of drug-likeness (QED) is 0.163. The van der Waals surface area contributed by atoms with Gasteiger partial charge in [-0.25, -0.2) is 0 Å². The number of hydrogen-bond donors (Lipinski definition) is 3. The van der Waals surface area contributed by atoms with Gasteiger partial charge in [-0.1, -0.05) is 146 Å². The van der Waals surface area contributed by atoms with Crippen LogP contribution in [-0.2, 0) is 0 Å². The van der Waals surface area contributed by atoms with Crippen molar-refractivity contribution in [2.45, 2.75) is 18.5 Å². The number of nitrogens with one attached hydrogen (secondary N) is 3. The number of fused-ring (bicyclic) bond motifs is 9. The second kappa shape index (κ2) is 13.2. The van der Waals surface area contributed by atoms with E-state index in [1.54, 1.807) is 0 Å². The largest absolute Gasteiger partial charge is 0.309 e. The van der Waals surface area contributed by atoms with Crippen LogP contribution in [-0.4, -0.2) is 4.57 Å². The van der Waals surface area contributed by atoms with Crippen LogP contribution in [0.3, 0.4) is 0 Å². The van der Waals surface area contributed by atoms with E-state index in [0.717, 1.165) is 0 Å². The van der Waals surface area contributed by atoms with Gasteiger partial charge >= 0.3 is 0 Å². The summed E-state index contributed by atoms with van der Waals surface area (Å²) in [5, 5.41) is 19.5. The van der Waals surface area contributed by atoms with Crippen molar-refractivity contribution in [2.75, 3.05) is 0 Å². The molecule has 1 saturated heterocycles. The highest BCUT2D eigenvalue weighted by atomic mass is 32.1. The van der Waals surface area contributed by atoms with Crippen molar-refractivity contribution in [3.05, 3.63) is 199 Å². The minimum absolute atomic E-state index is 0.0252. The van der Waals surface area contributed by atoms with Crippen molar-refractivity contribution in [1.82, 2.24) is 20.5 Å². The molecule has 1 fully saturated rings. The molecular weight excluding hydrogens is 733 g/mol. The molecular formula is C51H36N4S2. The maximum atomic E-state index is 3.93. The Morgan fingerprint density at radius 3 is 1.56 bits per heavy atom. The first-order valence-electron chi connectivity index (χ1n) is 19.5. The molecule has 0 amide bonds. The molecule has 4 heterocycles. The average molecular weight is 769 g/mol. The monoisotopic (exact) mass is 768 g/mol. The van der Waals surface area contributed by atoms with Crippen molar-refractivity contribution in [3.63, 3.8) is 0 Å². The molecule has 57 heavy (non-hydrogen) atoms. The van der Waals surface area contributed by atoms with Gasteiger partial charge in [-0.3, -0.25) is 16.0 Å². The maximum Gasteiger partial charge on any atom is 0.0878 e. The predicted molar refractivity (Wildman–Crippen MR) is 243 cm³/mol. The molecule has 3 N–H and O–H groups in total. The summed E-state index contributed by atoms with van der Waals surface area (Å²) in [6.07, 6.45) is -0.125. The lowest BCUT2D eigenvalue weighted by molar-refractivity contribution is 0.204. The third-order valence-corrected chi connectivity index (χ3v) is 14.1. The Morgan fingerprint density at radius 2 is 0.912 bits per heavy atom. The lowest BCUT2D eigenvalue weighted by Gasteiger charge is -2.39. The Labute approximate surface area is 337 Å². The maximum absolute atomic E-state index is 3.93. The summed E-state index contributed by atoms with van der Waals surface area (Å²) in [6, 6.07) is 66.5. The molecule has 1 aliphatic rings. The fourth-order valence-electron chi connectivity index (χ4n) is 9.20. The molecule has 1 aliphatic heterocycles. The number of benzene rings is 8. The average Bonchev–Trinajstić information content (AvgIpc) is 3.96. The van der Waals surface area contributed by atoms with E-state index in [1.807, 2.05) is 22.7 Å². The molecule has 4 nitrogen and oxygen atoms in total. The molecule has 272 valence electrons. The van der Waals surface area contributed by atoms with Gasteiger partial charge in [0.15, 0.2) is 0 Å². The molecule has 0 bridgehead atoms. The van der Waals surface area contributed by atoms with Crippen LogP contribution in [0.5, 0.6) is 0 Å². The predicted octanol–water partition coefficient (Wildman–Crippen LogP) is 13.4. The smallest absolute Gasteiger partial charge is 0.0878 e. The van der Waals surface area contributed by atoms with E-state index in [4.69, 9.17) is 0 Å². The molecule has 12 rings (SSSR count). The number of rotatable bonds is 5. The molecule has 0 aliphatic carbocycles. The molecule has 0 saturated carbocycles. The van der Waals surface area contributed by atoms with Gasteiger partial charge in [-0.15, -0.1) is 22.7 Å². The van der Waals surface area contributed by atoms with Crippen LogP contribution in [0, 0.1) is 0 Å². The Morgan fingerprint density at radius 1 is 0.386 bits per heavy atom. The Kier molecular flexibility index (Phi) is 7.68. The van der Waals surface area contributed by atoms with Crippen molar-refractivity contribution < 1.29 is 0 Å². The van der Waals surface area contributed by atoms with E-state index in [2.05, 4.69) is 203 Å². The summed E-state index contributed by atoms with van der Waals surface area (Å²) in [6.45, 7) is 0. The lowest BCUT2D eigenvalue weighted by Crippen LogP contribution is -2.54. The first kappa shape index (κ1) is 33.1. The summed E-state index contributed by atoms with van der Waals surface area (Å²) in [7, 11) is 0. The summed E-state index contributed by atoms with van der Waals surface area (Å²) in [5.74, 6) is 0. The third-order valence-electron chi connectivity index (χ3n) is 11.7. The highest BCUT2D eigenvalue weighted by Gasteiger charge is 2.31. The molecule has 8 aromatic carbocycles. The van der Waals surface area contributed by atoms with E-state index >= 15 is 0 Å². The number of hydrogen-bond acceptors (Lipinski definition) is 5. The van der Waals surface area contributed by atoms with Crippen molar-refractivity contribution in [3.8, 4) is 16.8 Å². The van der Waals surface area contributed by atoms with Gasteiger partial charge < -0.3 is 4.57 Å². The molecule has 2 atom stereocenters. The zero-order chi connectivity index (χ0) is 37.5. The first-order chi connectivity index (χ1) is 28.3. The highest BCUT2D eigenvalue weighted by molar-refractivity contribution is 7.26. The van der Waals surface area contributed by atoms with Crippen LogP contribution in [0.2, 0.25) is 0 Å². The minimum atomic E-state index is -0.0742. The fraction of sp³-hybridized carbons (Fsp3) is 0.0588. The van der Waals surface area contributed by atoms with Crippen molar-refractivity contribution in [1.29, 1.82) is 0 Å². The molecule has 11 aromatic rings. The number of aromatic nitrogens is 1. The van der Waals surface area contributed by atoms with Gasteiger partial charge in [0.2, 0.25) is 0 Å². The van der Waals surface area contributed by atoms with E-state index in [0.29, 0.717) is 0 Å². The number of nitrogens with zero attached hydrogens (tertiary/aromatic N) is 1. The zero-order valence-electron chi connectivity index (χ0n) is 30.8. The SMILES string of the molecule is c1ccc(C2NC(c3ccccc3)NC(c3cccc4c3sc3cccc(-c5cccc6sc7cc(-n8c9ccccc9c9ccccc98)ccc7c56)c34)N2)cc1. The lowest BCUT2D eigenvalue weighted by atomic mass is 9.94. The summed E-state index contributed by atoms with van der Waals surface area (Å²) >= 11 is 3.79. The Bertz CT molecular complexity index is 3210. The minimum Gasteiger partial charge on any atom is -0.309 e. The number of para-hydroxylation sites is 2. The summed E-state index contributed by atoms with van der Waals surface area (Å²) < 4.78 is 7.63. The number of thiophene rings is 2. The molecule has 3 aromatic heterocycles. The van der Waals surface area contributed by atoms with Gasteiger partial charge in [0.25, 0.3) is 0 Å². The van der Waals surface area contributed by atoms with E-state index in [-0.39, 0.29) is 18.5 Å². The van der Waals surface area contributed by atoms with E-state index in [9.17, 15) is 0 Å². The van der Waals surface area contributed by atoms with Gasteiger partial charge in [-0.05, 0) is 58.7 Å². The first-order valence-corrected chi connectivity index (χ1v) is 21.2. The summed E-state index contributed by atoms with van der Waals surface area (Å²) in [5.41, 5.74) is 9.92. The van der Waals surface area contributed by atoms with Gasteiger partial charge in [0.05, 0.1) is 29.5 Å². The van der Waals surface area contributed by atoms with Crippen LogP contribution in [0.4, 0.5) is 0 Å². The molecule has 0 spiro atoms. The fourth-order valence-corrected chi connectivity index (χ4v) is 11.6. The third kappa shape index (κ3) is 5.30. The van der Waals surface area contributed by atoms with Crippen LogP contribution in [0.15, 0.2) is 182 Å². The van der Waals surface area contributed by atoms with Crippen molar-refractivity contribution >= 4 is 84.8 Å². The van der Waals surface area contributed by atoms with E-state index in [1.165, 1.54) is 95.7 Å². The topological polar surface area (TPSA) is 41.0 Å². The Balaban J connectivity index is 0.997. The van der Waals surface area contributed by atoms with Crippen LogP contribution < -0.4 is 16.0 Å². The standard InChI is InChI=1S/C51H36N4S2/c1-3-14-31(15-4-1)49-52-50(32-16-5-2-6-17-32)54-51(53-49)40-23-11-22-39-47-37(21-13-27-44(47)57-48(39)40)36-20-12-26-43-46(36)38-29-28-33(30-45(38)56-43)55-41-24-9-7-18-34(41)35-19-8-10-25-42(35)55/h1-30,49-54H. The summed E-state index contributed by atoms with van der Waals surface area (Å²) in [4.78, 5) is 0. The highest BCUT2D eigenvalue weighted by Crippen LogP contribution is 2.47. The molecule has 2 unspecified atom stereocenters.